The number of hydrogen-bond acceptors (Lipinski definition) is 10. The predicted octanol–water partition coefficient (Wildman–Crippen LogP) is 2.67. The summed E-state index contributed by atoms with van der Waals surface area (Å²) in [5, 5.41) is 24.8. The third-order valence-corrected chi connectivity index (χ3v) is 8.93. The van der Waals surface area contributed by atoms with Gasteiger partial charge in [0.15, 0.2) is 5.82 Å². The lowest BCUT2D eigenvalue weighted by molar-refractivity contribution is 0.124. The Kier molecular flexibility index (Phi) is 6.95. The number of aliphatic hydroxyl groups excluding tert-OH is 1. The molecule has 2 aliphatic carbocycles. The zero-order chi connectivity index (χ0) is 27.7. The highest BCUT2D eigenvalue weighted by molar-refractivity contribution is 7.90. The third-order valence-electron chi connectivity index (χ3n) is 6.89. The monoisotopic (exact) mass is 559 g/mol. The Morgan fingerprint density at radius 3 is 2.67 bits per heavy atom. The minimum atomic E-state index is -3.47. The molecular formula is C27H29N9O3S. The van der Waals surface area contributed by atoms with Crippen LogP contribution >= 0.6 is 0 Å². The van der Waals surface area contributed by atoms with Crippen LogP contribution in [-0.2, 0) is 17.1 Å². The SMILES string of the molecule is Cn1cc(C#Cc2cnc(Nc3ccnc(-c4cnn(S(=O)(=O)C5CC5)c4)n3)cc2N[C@@H]2CCC[C@H](O)C2)cn1. The van der Waals surface area contributed by atoms with Crippen molar-refractivity contribution in [3.63, 3.8) is 0 Å². The first-order valence-electron chi connectivity index (χ1n) is 13.2. The number of nitrogens with zero attached hydrogens (tertiary/aromatic N) is 7. The molecule has 2 atom stereocenters. The highest BCUT2D eigenvalue weighted by atomic mass is 32.2. The van der Waals surface area contributed by atoms with Crippen LogP contribution in [0.15, 0.2) is 49.3 Å². The maximum absolute atomic E-state index is 12.5. The van der Waals surface area contributed by atoms with E-state index in [0.717, 1.165) is 40.2 Å². The molecule has 40 heavy (non-hydrogen) atoms. The third kappa shape index (κ3) is 5.83. The summed E-state index contributed by atoms with van der Waals surface area (Å²) in [5.41, 5.74) is 2.82. The van der Waals surface area contributed by atoms with Crippen LogP contribution in [0, 0.1) is 11.8 Å². The van der Waals surface area contributed by atoms with Gasteiger partial charge in [0.2, 0.25) is 0 Å². The van der Waals surface area contributed by atoms with Crippen LogP contribution in [0.2, 0.25) is 0 Å². The summed E-state index contributed by atoms with van der Waals surface area (Å²) >= 11 is 0. The molecule has 206 valence electrons. The van der Waals surface area contributed by atoms with Gasteiger partial charge in [-0.1, -0.05) is 11.8 Å². The van der Waals surface area contributed by atoms with E-state index < -0.39 is 10.0 Å². The van der Waals surface area contributed by atoms with Crippen LogP contribution in [0.25, 0.3) is 11.4 Å². The average molecular weight is 560 g/mol. The number of aryl methyl sites for hydroxylation is 1. The van der Waals surface area contributed by atoms with Crippen LogP contribution in [-0.4, -0.2) is 64.8 Å². The van der Waals surface area contributed by atoms with Gasteiger partial charge in [0.05, 0.1) is 52.3 Å². The maximum atomic E-state index is 12.5. The van der Waals surface area contributed by atoms with Gasteiger partial charge in [-0.2, -0.15) is 14.3 Å². The van der Waals surface area contributed by atoms with Crippen molar-refractivity contribution in [3.8, 4) is 23.2 Å². The second-order valence-electron chi connectivity index (χ2n) is 10.2. The van der Waals surface area contributed by atoms with Gasteiger partial charge < -0.3 is 15.7 Å². The zero-order valence-electron chi connectivity index (χ0n) is 21.9. The van der Waals surface area contributed by atoms with E-state index in [1.807, 2.05) is 19.3 Å². The lowest BCUT2D eigenvalue weighted by atomic mass is 9.92. The van der Waals surface area contributed by atoms with E-state index in [4.69, 9.17) is 0 Å². The number of pyridine rings is 1. The summed E-state index contributed by atoms with van der Waals surface area (Å²) < 4.78 is 27.7. The van der Waals surface area contributed by atoms with Gasteiger partial charge in [0, 0.05) is 37.7 Å². The lowest BCUT2D eigenvalue weighted by Gasteiger charge is -2.28. The van der Waals surface area contributed by atoms with Crippen LogP contribution in [0.5, 0.6) is 0 Å². The normalized spacial score (nSPS) is 19.1. The Morgan fingerprint density at radius 2 is 1.90 bits per heavy atom. The first kappa shape index (κ1) is 26.0. The molecule has 2 fully saturated rings. The lowest BCUT2D eigenvalue weighted by Crippen LogP contribution is -2.30. The van der Waals surface area contributed by atoms with E-state index in [9.17, 15) is 13.5 Å². The quantitative estimate of drug-likeness (QED) is 0.288. The Morgan fingerprint density at radius 1 is 1.02 bits per heavy atom. The van der Waals surface area contributed by atoms with E-state index in [-0.39, 0.29) is 17.4 Å². The summed E-state index contributed by atoms with van der Waals surface area (Å²) in [7, 11) is -1.63. The van der Waals surface area contributed by atoms with Crippen LogP contribution in [0.1, 0.15) is 49.7 Å². The minimum absolute atomic E-state index is 0.118. The molecule has 0 aliphatic heterocycles. The molecule has 0 amide bonds. The van der Waals surface area contributed by atoms with E-state index in [0.29, 0.717) is 42.3 Å². The van der Waals surface area contributed by atoms with Crippen molar-refractivity contribution < 1.29 is 13.5 Å². The molecule has 3 N–H and O–H groups in total. The minimum Gasteiger partial charge on any atom is -0.393 e. The Bertz CT molecular complexity index is 1700. The fourth-order valence-corrected chi connectivity index (χ4v) is 6.14. The smallest absolute Gasteiger partial charge is 0.256 e. The highest BCUT2D eigenvalue weighted by Crippen LogP contribution is 2.30. The van der Waals surface area contributed by atoms with Crippen molar-refractivity contribution >= 4 is 27.3 Å². The van der Waals surface area contributed by atoms with Crippen molar-refractivity contribution in [1.29, 1.82) is 0 Å². The number of nitrogens with one attached hydrogen (secondary N) is 2. The van der Waals surface area contributed by atoms with Crippen LogP contribution in [0.4, 0.5) is 17.3 Å². The number of hydrogen-bond donors (Lipinski definition) is 3. The number of aliphatic hydroxyl groups is 1. The van der Waals surface area contributed by atoms with E-state index in [2.05, 4.69) is 47.6 Å². The van der Waals surface area contributed by atoms with Gasteiger partial charge >= 0.3 is 0 Å². The molecular weight excluding hydrogens is 530 g/mol. The molecule has 6 rings (SSSR count). The van der Waals surface area contributed by atoms with Crippen molar-refractivity contribution in [2.24, 2.45) is 7.05 Å². The summed E-state index contributed by atoms with van der Waals surface area (Å²) in [6, 6.07) is 3.69. The van der Waals surface area contributed by atoms with Crippen LogP contribution in [0.3, 0.4) is 0 Å². The Balaban J connectivity index is 1.25. The molecule has 0 saturated heterocycles. The van der Waals surface area contributed by atoms with Gasteiger partial charge in [-0.05, 0) is 44.6 Å². The largest absolute Gasteiger partial charge is 0.393 e. The molecule has 4 aromatic heterocycles. The molecule has 4 heterocycles. The van der Waals surface area contributed by atoms with Gasteiger partial charge in [0.1, 0.15) is 11.6 Å². The first-order chi connectivity index (χ1) is 19.3. The fraction of sp³-hybridized carbons (Fsp3) is 0.370. The molecule has 0 unspecified atom stereocenters. The van der Waals surface area contributed by atoms with E-state index in [1.165, 1.54) is 12.4 Å². The van der Waals surface area contributed by atoms with E-state index >= 15 is 0 Å². The summed E-state index contributed by atoms with van der Waals surface area (Å²) in [5.74, 6) is 7.70. The van der Waals surface area contributed by atoms with Crippen molar-refractivity contribution in [2.45, 2.75) is 55.9 Å². The van der Waals surface area contributed by atoms with Gasteiger partial charge in [-0.15, -0.1) is 0 Å². The topological polar surface area (TPSA) is 153 Å². The van der Waals surface area contributed by atoms with Crippen molar-refractivity contribution in [2.75, 3.05) is 10.6 Å². The van der Waals surface area contributed by atoms with Crippen LogP contribution < -0.4 is 10.6 Å². The zero-order valence-corrected chi connectivity index (χ0v) is 22.7. The second kappa shape index (κ2) is 10.7. The number of anilines is 3. The summed E-state index contributed by atoms with van der Waals surface area (Å²) in [6.07, 6.45) is 14.1. The molecule has 2 aliphatic rings. The molecule has 0 aromatic carbocycles. The predicted molar refractivity (Wildman–Crippen MR) is 149 cm³/mol. The van der Waals surface area contributed by atoms with Gasteiger partial charge in [-0.3, -0.25) is 4.68 Å². The average Bonchev–Trinajstić information content (AvgIpc) is 3.53. The summed E-state index contributed by atoms with van der Waals surface area (Å²) in [6.45, 7) is 0. The fourth-order valence-electron chi connectivity index (χ4n) is 4.66. The van der Waals surface area contributed by atoms with Gasteiger partial charge in [0.25, 0.3) is 10.0 Å². The molecule has 12 nitrogen and oxygen atoms in total. The maximum Gasteiger partial charge on any atom is 0.256 e. The van der Waals surface area contributed by atoms with E-state index in [1.54, 1.807) is 29.3 Å². The van der Waals surface area contributed by atoms with Gasteiger partial charge in [-0.25, -0.2) is 23.4 Å². The number of rotatable bonds is 7. The second-order valence-corrected chi connectivity index (χ2v) is 12.2. The molecule has 0 bridgehead atoms. The Hall–Kier alpha value is -4.28. The summed E-state index contributed by atoms with van der Waals surface area (Å²) in [4.78, 5) is 13.4. The highest BCUT2D eigenvalue weighted by Gasteiger charge is 2.37. The first-order valence-corrected chi connectivity index (χ1v) is 14.7. The van der Waals surface area contributed by atoms with Crippen molar-refractivity contribution in [3.05, 3.63) is 60.4 Å². The standard InChI is InChI=1S/C27H29N9O3S/c1-35-16-18(13-30-35)5-6-19-14-29-26(12-24(19)32-21-3-2-4-22(37)11-21)33-25-9-10-28-27(34-25)20-15-31-36(17-20)40(38,39)23-7-8-23/h9-10,12-17,21-23,37H,2-4,7-8,11H2,1H3,(H2,28,29,32,33,34)/t21-,22+/m1/s1. The molecule has 2 saturated carbocycles. The molecule has 4 aromatic rings. The molecule has 13 heteroatoms. The molecule has 0 radical (unpaired) electrons. The number of aromatic nitrogens is 7. The molecule has 0 spiro atoms. The van der Waals surface area contributed by atoms with Crippen molar-refractivity contribution in [1.82, 2.24) is 33.9 Å². The Labute approximate surface area is 231 Å².